The number of hydrogen-bond acceptors (Lipinski definition) is 2. The Morgan fingerprint density at radius 2 is 1.94 bits per heavy atom. The van der Waals surface area contributed by atoms with Crippen LogP contribution < -0.4 is 5.32 Å². The van der Waals surface area contributed by atoms with Crippen LogP contribution >= 0.6 is 0 Å². The molecule has 2 rings (SSSR count). The van der Waals surface area contributed by atoms with E-state index in [1.54, 1.807) is 10.9 Å². The predicted molar refractivity (Wildman–Crippen MR) is 70.3 cm³/mol. The molecule has 0 spiro atoms. The molecule has 18 heavy (non-hydrogen) atoms. The monoisotopic (exact) mass is 243 g/mol. The summed E-state index contributed by atoms with van der Waals surface area (Å²) in [5, 5.41) is 7.05. The number of carbonyl (C=O) groups is 1. The summed E-state index contributed by atoms with van der Waals surface area (Å²) in [6.45, 7) is 4.41. The van der Waals surface area contributed by atoms with Gasteiger partial charge in [-0.3, -0.25) is 9.48 Å². The summed E-state index contributed by atoms with van der Waals surface area (Å²) in [5.41, 5.74) is 3.69. The molecule has 1 N–H and O–H groups in total. The molecule has 0 fully saturated rings. The molecule has 0 atom stereocenters. The Hall–Kier alpha value is -2.10. The summed E-state index contributed by atoms with van der Waals surface area (Å²) in [5.74, 6) is -0.0822. The Morgan fingerprint density at radius 1 is 1.28 bits per heavy atom. The summed E-state index contributed by atoms with van der Waals surface area (Å²) >= 11 is 0. The van der Waals surface area contributed by atoms with Gasteiger partial charge in [0.1, 0.15) is 0 Å². The fraction of sp³-hybridized carbons (Fsp3) is 0.286. The Kier molecular flexibility index (Phi) is 3.46. The zero-order chi connectivity index (χ0) is 13.1. The molecule has 0 aliphatic rings. The first-order chi connectivity index (χ1) is 8.56. The molecule has 0 bridgehead atoms. The van der Waals surface area contributed by atoms with Crippen LogP contribution in [0.2, 0.25) is 0 Å². The molecule has 0 aliphatic carbocycles. The number of aromatic nitrogens is 2. The summed E-state index contributed by atoms with van der Waals surface area (Å²) < 4.78 is 1.65. The van der Waals surface area contributed by atoms with E-state index < -0.39 is 0 Å². The molecule has 94 valence electrons. The van der Waals surface area contributed by atoms with Gasteiger partial charge in [0.15, 0.2) is 0 Å². The summed E-state index contributed by atoms with van der Waals surface area (Å²) in [7, 11) is 1.81. The standard InChI is InChI=1S/C14H17N3O/c1-10-4-6-12(7-5-10)8-15-14(18)13-9-17(3)16-11(13)2/h4-7,9H,8H2,1-3H3,(H,15,18). The maximum Gasteiger partial charge on any atom is 0.255 e. The normalized spacial score (nSPS) is 10.4. The first kappa shape index (κ1) is 12.4. The number of nitrogens with zero attached hydrogens (tertiary/aromatic N) is 2. The van der Waals surface area contributed by atoms with Gasteiger partial charge in [0, 0.05) is 19.8 Å². The third-order valence-electron chi connectivity index (χ3n) is 2.83. The van der Waals surface area contributed by atoms with E-state index in [-0.39, 0.29) is 5.91 Å². The minimum Gasteiger partial charge on any atom is -0.348 e. The number of carbonyl (C=O) groups excluding carboxylic acids is 1. The number of hydrogen-bond donors (Lipinski definition) is 1. The molecule has 0 aliphatic heterocycles. The summed E-state index contributed by atoms with van der Waals surface area (Å²) in [6, 6.07) is 8.12. The Balaban J connectivity index is 2.00. The van der Waals surface area contributed by atoms with Crippen LogP contribution in [0.1, 0.15) is 27.2 Å². The number of rotatable bonds is 3. The highest BCUT2D eigenvalue weighted by atomic mass is 16.1. The average Bonchev–Trinajstić information content (AvgIpc) is 2.67. The first-order valence-electron chi connectivity index (χ1n) is 5.90. The van der Waals surface area contributed by atoms with Crippen LogP contribution in [0.15, 0.2) is 30.5 Å². The van der Waals surface area contributed by atoms with Crippen LogP contribution in [0.25, 0.3) is 0 Å². The van der Waals surface area contributed by atoms with Crippen molar-refractivity contribution in [2.75, 3.05) is 0 Å². The van der Waals surface area contributed by atoms with Crippen LogP contribution in [0.3, 0.4) is 0 Å². The molecule has 0 unspecified atom stereocenters. The molecule has 0 radical (unpaired) electrons. The second-order valence-corrected chi connectivity index (χ2v) is 4.47. The van der Waals surface area contributed by atoms with Gasteiger partial charge in [0.2, 0.25) is 0 Å². The minimum atomic E-state index is -0.0822. The molecule has 4 heteroatoms. The van der Waals surface area contributed by atoms with Gasteiger partial charge in [-0.05, 0) is 19.4 Å². The van der Waals surface area contributed by atoms with E-state index in [0.717, 1.165) is 11.3 Å². The van der Waals surface area contributed by atoms with Crippen molar-refractivity contribution in [1.82, 2.24) is 15.1 Å². The lowest BCUT2D eigenvalue weighted by Crippen LogP contribution is -2.23. The predicted octanol–water partition coefficient (Wildman–Crippen LogP) is 1.97. The van der Waals surface area contributed by atoms with Gasteiger partial charge in [-0.25, -0.2) is 0 Å². The molecule has 0 saturated heterocycles. The summed E-state index contributed by atoms with van der Waals surface area (Å²) in [4.78, 5) is 12.0. The van der Waals surface area contributed by atoms with E-state index in [0.29, 0.717) is 12.1 Å². The van der Waals surface area contributed by atoms with Gasteiger partial charge in [0.05, 0.1) is 11.3 Å². The van der Waals surface area contributed by atoms with E-state index >= 15 is 0 Å². The van der Waals surface area contributed by atoms with Crippen LogP contribution in [-0.2, 0) is 13.6 Å². The highest BCUT2D eigenvalue weighted by Gasteiger charge is 2.11. The van der Waals surface area contributed by atoms with Crippen LogP contribution in [0.4, 0.5) is 0 Å². The van der Waals surface area contributed by atoms with Crippen molar-refractivity contribution in [1.29, 1.82) is 0 Å². The zero-order valence-corrected chi connectivity index (χ0v) is 10.9. The molecule has 1 aromatic heterocycles. The van der Waals surface area contributed by atoms with Gasteiger partial charge in [-0.15, -0.1) is 0 Å². The Labute approximate surface area is 107 Å². The molecular formula is C14H17N3O. The molecule has 0 saturated carbocycles. The van der Waals surface area contributed by atoms with Crippen molar-refractivity contribution in [3.05, 3.63) is 52.8 Å². The molecule has 1 heterocycles. The van der Waals surface area contributed by atoms with Crippen molar-refractivity contribution in [3.8, 4) is 0 Å². The molecule has 1 amide bonds. The quantitative estimate of drug-likeness (QED) is 0.895. The summed E-state index contributed by atoms with van der Waals surface area (Å²) in [6.07, 6.45) is 1.74. The van der Waals surface area contributed by atoms with Crippen LogP contribution in [-0.4, -0.2) is 15.7 Å². The number of benzene rings is 1. The number of aryl methyl sites for hydroxylation is 3. The highest BCUT2D eigenvalue weighted by Crippen LogP contribution is 2.06. The van der Waals surface area contributed by atoms with Gasteiger partial charge in [-0.1, -0.05) is 29.8 Å². The fourth-order valence-electron chi connectivity index (χ4n) is 1.81. The largest absolute Gasteiger partial charge is 0.348 e. The smallest absolute Gasteiger partial charge is 0.255 e. The van der Waals surface area contributed by atoms with Gasteiger partial charge < -0.3 is 5.32 Å². The second kappa shape index (κ2) is 5.04. The number of amides is 1. The first-order valence-corrected chi connectivity index (χ1v) is 5.90. The van der Waals surface area contributed by atoms with Gasteiger partial charge in [0.25, 0.3) is 5.91 Å². The zero-order valence-electron chi connectivity index (χ0n) is 10.9. The minimum absolute atomic E-state index is 0.0822. The Bertz CT molecular complexity index is 555. The SMILES string of the molecule is Cc1ccc(CNC(=O)c2cn(C)nc2C)cc1. The molecular weight excluding hydrogens is 226 g/mol. The second-order valence-electron chi connectivity index (χ2n) is 4.47. The van der Waals surface area contributed by atoms with Crippen molar-refractivity contribution in [2.24, 2.45) is 7.05 Å². The van der Waals surface area contributed by atoms with Crippen molar-refractivity contribution in [3.63, 3.8) is 0 Å². The third kappa shape index (κ3) is 2.77. The fourth-order valence-corrected chi connectivity index (χ4v) is 1.81. The van der Waals surface area contributed by atoms with Gasteiger partial charge in [-0.2, -0.15) is 5.10 Å². The van der Waals surface area contributed by atoms with E-state index in [2.05, 4.69) is 10.4 Å². The lowest BCUT2D eigenvalue weighted by Gasteiger charge is -2.04. The van der Waals surface area contributed by atoms with E-state index in [9.17, 15) is 4.79 Å². The third-order valence-corrected chi connectivity index (χ3v) is 2.83. The molecule has 1 aromatic carbocycles. The number of nitrogens with one attached hydrogen (secondary N) is 1. The van der Waals surface area contributed by atoms with E-state index in [1.807, 2.05) is 45.2 Å². The topological polar surface area (TPSA) is 46.9 Å². The van der Waals surface area contributed by atoms with E-state index in [4.69, 9.17) is 0 Å². The van der Waals surface area contributed by atoms with Crippen molar-refractivity contribution in [2.45, 2.75) is 20.4 Å². The average molecular weight is 243 g/mol. The lowest BCUT2D eigenvalue weighted by atomic mass is 10.1. The highest BCUT2D eigenvalue weighted by molar-refractivity contribution is 5.94. The maximum atomic E-state index is 12.0. The van der Waals surface area contributed by atoms with Gasteiger partial charge >= 0.3 is 0 Å². The lowest BCUT2D eigenvalue weighted by molar-refractivity contribution is 0.0950. The van der Waals surface area contributed by atoms with E-state index in [1.165, 1.54) is 5.56 Å². The van der Waals surface area contributed by atoms with Crippen molar-refractivity contribution >= 4 is 5.91 Å². The Morgan fingerprint density at radius 3 is 2.50 bits per heavy atom. The van der Waals surface area contributed by atoms with Crippen LogP contribution in [0.5, 0.6) is 0 Å². The van der Waals surface area contributed by atoms with Crippen LogP contribution in [0, 0.1) is 13.8 Å². The van der Waals surface area contributed by atoms with Crippen molar-refractivity contribution < 1.29 is 4.79 Å². The maximum absolute atomic E-state index is 12.0. The molecule has 4 nitrogen and oxygen atoms in total. The molecule has 2 aromatic rings.